The van der Waals surface area contributed by atoms with Gasteiger partial charge >= 0.3 is 5.97 Å². The summed E-state index contributed by atoms with van der Waals surface area (Å²) in [5.74, 6) is -0.899. The molecule has 0 spiro atoms. The third-order valence-corrected chi connectivity index (χ3v) is 4.86. The molecule has 1 heterocycles. The second kappa shape index (κ2) is 6.08. The van der Waals surface area contributed by atoms with Crippen LogP contribution in [0.4, 0.5) is 0 Å². The van der Waals surface area contributed by atoms with Gasteiger partial charge in [-0.05, 0) is 37.8 Å². The normalized spacial score (nSPS) is 23.2. The second-order valence-electron chi connectivity index (χ2n) is 6.39. The predicted molar refractivity (Wildman–Crippen MR) is 82.6 cm³/mol. The molecule has 0 aromatic heterocycles. The van der Waals surface area contributed by atoms with E-state index in [1.54, 1.807) is 4.90 Å². The molecule has 1 saturated carbocycles. The lowest BCUT2D eigenvalue weighted by molar-refractivity contribution is -0.142. The Balaban J connectivity index is 1.52. The molecule has 1 aromatic carbocycles. The topological polar surface area (TPSA) is 69.6 Å². The fraction of sp³-hybridized carbons (Fsp3) is 0.529. The Morgan fingerprint density at radius 3 is 2.64 bits per heavy atom. The van der Waals surface area contributed by atoms with Gasteiger partial charge in [0.1, 0.15) is 6.04 Å². The van der Waals surface area contributed by atoms with Crippen molar-refractivity contribution < 1.29 is 14.7 Å². The van der Waals surface area contributed by atoms with Crippen LogP contribution in [0.25, 0.3) is 0 Å². The Morgan fingerprint density at radius 1 is 1.27 bits per heavy atom. The maximum Gasteiger partial charge on any atom is 0.320 e. The minimum atomic E-state index is -0.826. The number of carboxylic acid groups (broad SMARTS) is 1. The van der Waals surface area contributed by atoms with E-state index in [1.165, 1.54) is 5.56 Å². The number of amides is 1. The van der Waals surface area contributed by atoms with Crippen molar-refractivity contribution in [3.8, 4) is 0 Å². The first-order chi connectivity index (χ1) is 10.6. The Hall–Kier alpha value is -1.88. The molecule has 1 amide bonds. The lowest BCUT2D eigenvalue weighted by Gasteiger charge is -2.22. The number of carbonyl (C=O) groups excluding carboxylic acids is 1. The third-order valence-electron chi connectivity index (χ3n) is 4.86. The van der Waals surface area contributed by atoms with E-state index < -0.39 is 12.0 Å². The number of hydrogen-bond donors (Lipinski definition) is 2. The van der Waals surface area contributed by atoms with Crippen molar-refractivity contribution in [1.82, 2.24) is 10.2 Å². The van der Waals surface area contributed by atoms with Crippen molar-refractivity contribution in [2.75, 3.05) is 19.6 Å². The Labute approximate surface area is 130 Å². The zero-order valence-corrected chi connectivity index (χ0v) is 12.6. The van der Waals surface area contributed by atoms with Gasteiger partial charge in [-0.25, -0.2) is 0 Å². The van der Waals surface area contributed by atoms with Crippen LogP contribution in [0.3, 0.4) is 0 Å². The van der Waals surface area contributed by atoms with Gasteiger partial charge in [0.05, 0.1) is 6.54 Å². The largest absolute Gasteiger partial charge is 0.480 e. The number of carboxylic acids is 1. The van der Waals surface area contributed by atoms with E-state index in [-0.39, 0.29) is 17.9 Å². The summed E-state index contributed by atoms with van der Waals surface area (Å²) < 4.78 is 0. The summed E-state index contributed by atoms with van der Waals surface area (Å²) in [6, 6.07) is 9.77. The van der Waals surface area contributed by atoms with Crippen LogP contribution in [-0.2, 0) is 15.0 Å². The van der Waals surface area contributed by atoms with Gasteiger partial charge in [-0.15, -0.1) is 0 Å². The number of carbonyl (C=O) groups is 2. The van der Waals surface area contributed by atoms with Crippen LogP contribution < -0.4 is 5.32 Å². The van der Waals surface area contributed by atoms with Crippen molar-refractivity contribution in [3.05, 3.63) is 35.9 Å². The summed E-state index contributed by atoms with van der Waals surface area (Å²) in [6.07, 6.45) is 3.67. The number of benzene rings is 1. The van der Waals surface area contributed by atoms with E-state index in [2.05, 4.69) is 17.4 Å². The monoisotopic (exact) mass is 302 g/mol. The van der Waals surface area contributed by atoms with Crippen LogP contribution in [0.5, 0.6) is 0 Å². The number of likely N-dealkylation sites (tertiary alicyclic amines) is 1. The quantitative estimate of drug-likeness (QED) is 0.833. The highest BCUT2D eigenvalue weighted by molar-refractivity contribution is 5.80. The molecule has 1 unspecified atom stereocenters. The van der Waals surface area contributed by atoms with Gasteiger partial charge in [-0.2, -0.15) is 0 Å². The first-order valence-corrected chi connectivity index (χ1v) is 7.90. The third kappa shape index (κ3) is 3.14. The van der Waals surface area contributed by atoms with Crippen molar-refractivity contribution in [3.63, 3.8) is 0 Å². The van der Waals surface area contributed by atoms with Gasteiger partial charge in [0.2, 0.25) is 5.91 Å². The number of aliphatic carboxylic acids is 1. The average molecular weight is 302 g/mol. The molecular formula is C17H22N2O3. The highest BCUT2D eigenvalue weighted by Gasteiger charge is 2.44. The number of nitrogens with one attached hydrogen (secondary N) is 1. The molecule has 22 heavy (non-hydrogen) atoms. The van der Waals surface area contributed by atoms with Gasteiger partial charge in [-0.3, -0.25) is 14.5 Å². The van der Waals surface area contributed by atoms with Crippen molar-refractivity contribution in [1.29, 1.82) is 0 Å². The number of hydrogen-bond acceptors (Lipinski definition) is 3. The first kappa shape index (κ1) is 15.0. The minimum absolute atomic E-state index is 0.0737. The first-order valence-electron chi connectivity index (χ1n) is 7.90. The summed E-state index contributed by atoms with van der Waals surface area (Å²) in [5.41, 5.74) is 1.37. The van der Waals surface area contributed by atoms with Gasteiger partial charge in [0, 0.05) is 12.0 Å². The summed E-state index contributed by atoms with van der Waals surface area (Å²) in [7, 11) is 0. The molecule has 2 aliphatic rings. The standard InChI is InChI=1S/C17H22N2O3/c20-15(11-19-10-4-7-14(19)16(21)22)18-12-17(8-9-17)13-5-2-1-3-6-13/h1-3,5-6,14H,4,7-12H2,(H,18,20)(H,21,22). The maximum atomic E-state index is 12.1. The summed E-state index contributed by atoms with van der Waals surface area (Å²) >= 11 is 0. The maximum absolute atomic E-state index is 12.1. The van der Waals surface area contributed by atoms with Gasteiger partial charge in [0.25, 0.3) is 0 Å². The molecule has 1 aliphatic heterocycles. The van der Waals surface area contributed by atoms with Gasteiger partial charge < -0.3 is 10.4 Å². The molecule has 118 valence electrons. The van der Waals surface area contributed by atoms with E-state index >= 15 is 0 Å². The zero-order chi connectivity index (χ0) is 15.6. The highest BCUT2D eigenvalue weighted by Crippen LogP contribution is 2.47. The minimum Gasteiger partial charge on any atom is -0.480 e. The van der Waals surface area contributed by atoms with Gasteiger partial charge in [-0.1, -0.05) is 30.3 Å². The summed E-state index contributed by atoms with van der Waals surface area (Å²) in [5, 5.41) is 12.1. The van der Waals surface area contributed by atoms with Crippen molar-refractivity contribution in [2.24, 2.45) is 0 Å². The van der Waals surface area contributed by atoms with Crippen molar-refractivity contribution in [2.45, 2.75) is 37.1 Å². The molecule has 1 atom stereocenters. The van der Waals surface area contributed by atoms with E-state index in [4.69, 9.17) is 5.11 Å². The Morgan fingerprint density at radius 2 is 2.00 bits per heavy atom. The molecule has 2 fully saturated rings. The molecule has 5 nitrogen and oxygen atoms in total. The average Bonchev–Trinajstić information content (AvgIpc) is 3.18. The molecule has 1 aromatic rings. The molecule has 3 rings (SSSR count). The van der Waals surface area contributed by atoms with Crippen LogP contribution in [0.15, 0.2) is 30.3 Å². The number of nitrogens with zero attached hydrogens (tertiary/aromatic N) is 1. The lowest BCUT2D eigenvalue weighted by Crippen LogP contribution is -2.44. The smallest absolute Gasteiger partial charge is 0.320 e. The van der Waals surface area contributed by atoms with Crippen LogP contribution >= 0.6 is 0 Å². The van der Waals surface area contributed by atoms with Crippen LogP contribution in [0, 0.1) is 0 Å². The fourth-order valence-electron chi connectivity index (χ4n) is 3.31. The molecule has 2 N–H and O–H groups in total. The molecule has 1 saturated heterocycles. The predicted octanol–water partition coefficient (Wildman–Crippen LogP) is 1.38. The molecule has 0 radical (unpaired) electrons. The Bertz CT molecular complexity index is 554. The summed E-state index contributed by atoms with van der Waals surface area (Å²) in [6.45, 7) is 1.51. The second-order valence-corrected chi connectivity index (χ2v) is 6.39. The van der Waals surface area contributed by atoms with E-state index in [1.807, 2.05) is 18.2 Å². The van der Waals surface area contributed by atoms with E-state index in [9.17, 15) is 9.59 Å². The zero-order valence-electron chi connectivity index (χ0n) is 12.6. The molecular weight excluding hydrogens is 280 g/mol. The van der Waals surface area contributed by atoms with Crippen LogP contribution in [-0.4, -0.2) is 47.6 Å². The van der Waals surface area contributed by atoms with Gasteiger partial charge in [0.15, 0.2) is 0 Å². The SMILES string of the molecule is O=C(CN1CCCC1C(=O)O)NCC1(c2ccccc2)CC1. The lowest BCUT2D eigenvalue weighted by atomic mass is 9.96. The summed E-state index contributed by atoms with van der Waals surface area (Å²) in [4.78, 5) is 25.0. The van der Waals surface area contributed by atoms with E-state index in [0.717, 1.165) is 19.3 Å². The molecule has 1 aliphatic carbocycles. The van der Waals surface area contributed by atoms with E-state index in [0.29, 0.717) is 19.5 Å². The van der Waals surface area contributed by atoms with Crippen LogP contribution in [0.2, 0.25) is 0 Å². The van der Waals surface area contributed by atoms with Crippen molar-refractivity contribution >= 4 is 11.9 Å². The number of rotatable bonds is 6. The Kier molecular flexibility index (Phi) is 4.16. The molecule has 5 heteroatoms. The highest BCUT2D eigenvalue weighted by atomic mass is 16.4. The van der Waals surface area contributed by atoms with Crippen LogP contribution in [0.1, 0.15) is 31.2 Å². The fourth-order valence-corrected chi connectivity index (χ4v) is 3.31. The molecule has 0 bridgehead atoms.